The van der Waals surface area contributed by atoms with Gasteiger partial charge in [0.15, 0.2) is 11.5 Å². The van der Waals surface area contributed by atoms with Crippen molar-refractivity contribution in [1.29, 1.82) is 0 Å². The average molecular weight is 262 g/mol. The number of ether oxygens (including phenoxy) is 2. The zero-order valence-electron chi connectivity index (χ0n) is 11.1. The lowest BCUT2D eigenvalue weighted by molar-refractivity contribution is -0.121. The summed E-state index contributed by atoms with van der Waals surface area (Å²) in [5, 5.41) is 2.66. The summed E-state index contributed by atoms with van der Waals surface area (Å²) in [6, 6.07) is 4.14. The normalized spacial score (nSPS) is 17.7. The Labute approximate surface area is 112 Å². The molecule has 1 aromatic rings. The summed E-state index contributed by atoms with van der Waals surface area (Å²) < 4.78 is 11.2. The fourth-order valence-corrected chi connectivity index (χ4v) is 2.57. The first-order valence-electron chi connectivity index (χ1n) is 6.60. The molecular weight excluding hydrogens is 244 g/mol. The van der Waals surface area contributed by atoms with Crippen LogP contribution >= 0.6 is 0 Å². The molecule has 0 saturated heterocycles. The fourth-order valence-electron chi connectivity index (χ4n) is 2.57. The van der Waals surface area contributed by atoms with Crippen molar-refractivity contribution >= 4 is 5.91 Å². The minimum Gasteiger partial charge on any atom is -0.486 e. The predicted molar refractivity (Wildman–Crippen MR) is 70.5 cm³/mol. The second-order valence-corrected chi connectivity index (χ2v) is 4.90. The molecule has 3 rings (SSSR count). The smallest absolute Gasteiger partial charge is 0.233 e. The van der Waals surface area contributed by atoms with Crippen LogP contribution in [0.5, 0.6) is 11.5 Å². The molecule has 0 fully saturated rings. The number of benzene rings is 1. The van der Waals surface area contributed by atoms with E-state index in [0.29, 0.717) is 19.8 Å². The minimum absolute atomic E-state index is 0.0565. The summed E-state index contributed by atoms with van der Waals surface area (Å²) in [7, 11) is 1.67. The van der Waals surface area contributed by atoms with Crippen molar-refractivity contribution in [1.82, 2.24) is 10.2 Å². The Morgan fingerprint density at radius 3 is 2.63 bits per heavy atom. The molecule has 0 radical (unpaired) electrons. The number of fused-ring (bicyclic) bond motifs is 2. The van der Waals surface area contributed by atoms with Gasteiger partial charge in [0.25, 0.3) is 0 Å². The topological polar surface area (TPSA) is 50.8 Å². The second kappa shape index (κ2) is 5.09. The Balaban J connectivity index is 1.78. The van der Waals surface area contributed by atoms with Crippen LogP contribution in [-0.4, -0.2) is 44.2 Å². The third-order valence-corrected chi connectivity index (χ3v) is 3.60. The molecule has 2 aliphatic rings. The highest BCUT2D eigenvalue weighted by atomic mass is 16.6. The maximum absolute atomic E-state index is 11.4. The average Bonchev–Trinajstić information content (AvgIpc) is 2.45. The molecule has 5 nitrogen and oxygen atoms in total. The lowest BCUT2D eigenvalue weighted by Gasteiger charge is -2.29. The van der Waals surface area contributed by atoms with E-state index in [1.54, 1.807) is 7.05 Å². The number of carbonyl (C=O) groups excluding carboxylic acids is 1. The standard InChI is InChI=1S/C14H18N2O3/c1-15-14(17)9-16-3-2-10-6-12-13(7-11(10)8-16)19-5-4-18-12/h6-7H,2-5,8-9H2,1H3,(H,15,17). The van der Waals surface area contributed by atoms with Gasteiger partial charge in [0.05, 0.1) is 6.54 Å². The predicted octanol–water partition coefficient (Wildman–Crippen LogP) is 0.562. The van der Waals surface area contributed by atoms with Crippen molar-refractivity contribution in [3.8, 4) is 11.5 Å². The molecule has 2 heterocycles. The van der Waals surface area contributed by atoms with Gasteiger partial charge in [-0.1, -0.05) is 0 Å². The molecule has 0 saturated carbocycles. The van der Waals surface area contributed by atoms with Crippen LogP contribution in [0.2, 0.25) is 0 Å². The highest BCUT2D eigenvalue weighted by Gasteiger charge is 2.22. The van der Waals surface area contributed by atoms with Gasteiger partial charge in [-0.2, -0.15) is 0 Å². The first-order chi connectivity index (χ1) is 9.26. The summed E-state index contributed by atoms with van der Waals surface area (Å²) >= 11 is 0. The number of hydrogen-bond donors (Lipinski definition) is 1. The van der Waals surface area contributed by atoms with Gasteiger partial charge < -0.3 is 14.8 Å². The lowest BCUT2D eigenvalue weighted by atomic mass is 9.98. The summed E-state index contributed by atoms with van der Waals surface area (Å²) in [5.41, 5.74) is 2.54. The van der Waals surface area contributed by atoms with Crippen LogP contribution in [0.1, 0.15) is 11.1 Å². The molecule has 0 spiro atoms. The van der Waals surface area contributed by atoms with E-state index in [9.17, 15) is 4.79 Å². The van der Waals surface area contributed by atoms with Crippen molar-refractivity contribution in [3.63, 3.8) is 0 Å². The van der Waals surface area contributed by atoms with Crippen molar-refractivity contribution < 1.29 is 14.3 Å². The first-order valence-corrected chi connectivity index (χ1v) is 6.60. The second-order valence-electron chi connectivity index (χ2n) is 4.90. The van der Waals surface area contributed by atoms with Gasteiger partial charge in [0.1, 0.15) is 13.2 Å². The molecule has 0 aliphatic carbocycles. The van der Waals surface area contributed by atoms with Crippen LogP contribution in [0.25, 0.3) is 0 Å². The molecule has 19 heavy (non-hydrogen) atoms. The Morgan fingerprint density at radius 1 is 1.26 bits per heavy atom. The fraction of sp³-hybridized carbons (Fsp3) is 0.500. The SMILES string of the molecule is CNC(=O)CN1CCc2cc3c(cc2C1)OCCO3. The van der Waals surface area contributed by atoms with E-state index in [4.69, 9.17) is 9.47 Å². The number of rotatable bonds is 2. The number of nitrogens with one attached hydrogen (secondary N) is 1. The number of amides is 1. The molecule has 102 valence electrons. The molecule has 1 amide bonds. The monoisotopic (exact) mass is 262 g/mol. The van der Waals surface area contributed by atoms with Gasteiger partial charge >= 0.3 is 0 Å². The third kappa shape index (κ3) is 2.51. The molecule has 0 unspecified atom stereocenters. The Morgan fingerprint density at radius 2 is 1.95 bits per heavy atom. The van der Waals surface area contributed by atoms with Crippen LogP contribution in [0.4, 0.5) is 0 Å². The van der Waals surface area contributed by atoms with E-state index < -0.39 is 0 Å². The van der Waals surface area contributed by atoms with Gasteiger partial charge in [0.2, 0.25) is 5.91 Å². The van der Waals surface area contributed by atoms with Gasteiger partial charge in [-0.05, 0) is 29.7 Å². The minimum atomic E-state index is 0.0565. The zero-order chi connectivity index (χ0) is 13.2. The third-order valence-electron chi connectivity index (χ3n) is 3.60. The highest BCUT2D eigenvalue weighted by molar-refractivity contribution is 5.77. The Hall–Kier alpha value is -1.75. The van der Waals surface area contributed by atoms with Crippen LogP contribution in [0.3, 0.4) is 0 Å². The van der Waals surface area contributed by atoms with E-state index >= 15 is 0 Å². The maximum Gasteiger partial charge on any atom is 0.233 e. The molecule has 2 aliphatic heterocycles. The van der Waals surface area contributed by atoms with E-state index in [1.165, 1.54) is 11.1 Å². The van der Waals surface area contributed by atoms with Crippen LogP contribution < -0.4 is 14.8 Å². The van der Waals surface area contributed by atoms with Crippen molar-refractivity contribution in [2.24, 2.45) is 0 Å². The largest absolute Gasteiger partial charge is 0.486 e. The molecule has 1 aromatic carbocycles. The lowest BCUT2D eigenvalue weighted by Crippen LogP contribution is -2.38. The van der Waals surface area contributed by atoms with Gasteiger partial charge in [-0.15, -0.1) is 0 Å². The zero-order valence-corrected chi connectivity index (χ0v) is 11.1. The van der Waals surface area contributed by atoms with Crippen LogP contribution in [0.15, 0.2) is 12.1 Å². The van der Waals surface area contributed by atoms with E-state index in [1.807, 2.05) is 0 Å². The maximum atomic E-state index is 11.4. The molecule has 0 atom stereocenters. The Bertz CT molecular complexity index is 502. The molecular formula is C14H18N2O3. The summed E-state index contributed by atoms with van der Waals surface area (Å²) in [5.74, 6) is 1.73. The quantitative estimate of drug-likeness (QED) is 0.846. The van der Waals surface area contributed by atoms with Crippen molar-refractivity contribution in [2.75, 3.05) is 33.4 Å². The van der Waals surface area contributed by atoms with Crippen LogP contribution in [0, 0.1) is 0 Å². The molecule has 1 N–H and O–H groups in total. The Kier molecular flexibility index (Phi) is 3.29. The number of hydrogen-bond acceptors (Lipinski definition) is 4. The van der Waals surface area contributed by atoms with Gasteiger partial charge in [-0.3, -0.25) is 9.69 Å². The van der Waals surface area contributed by atoms with Crippen LogP contribution in [-0.2, 0) is 17.8 Å². The van der Waals surface area contributed by atoms with E-state index in [-0.39, 0.29) is 5.91 Å². The number of carbonyl (C=O) groups is 1. The van der Waals surface area contributed by atoms with E-state index in [2.05, 4.69) is 22.3 Å². The van der Waals surface area contributed by atoms with Gasteiger partial charge in [0, 0.05) is 20.1 Å². The summed E-state index contributed by atoms with van der Waals surface area (Å²) in [4.78, 5) is 13.6. The number of likely N-dealkylation sites (N-methyl/N-ethyl adjacent to an activating group) is 1. The summed E-state index contributed by atoms with van der Waals surface area (Å²) in [6.45, 7) is 3.37. The van der Waals surface area contributed by atoms with Crippen molar-refractivity contribution in [2.45, 2.75) is 13.0 Å². The highest BCUT2D eigenvalue weighted by Crippen LogP contribution is 2.35. The first kappa shape index (κ1) is 12.3. The summed E-state index contributed by atoms with van der Waals surface area (Å²) in [6.07, 6.45) is 0.947. The van der Waals surface area contributed by atoms with Gasteiger partial charge in [-0.25, -0.2) is 0 Å². The molecule has 5 heteroatoms. The van der Waals surface area contributed by atoms with Crippen molar-refractivity contribution in [3.05, 3.63) is 23.3 Å². The molecule has 0 aromatic heterocycles. The molecule has 0 bridgehead atoms. The van der Waals surface area contributed by atoms with E-state index in [0.717, 1.165) is 31.0 Å². The number of nitrogens with zero attached hydrogens (tertiary/aromatic N) is 1.